The molecule has 1 saturated heterocycles. The summed E-state index contributed by atoms with van der Waals surface area (Å²) in [6, 6.07) is 6.66. The molecule has 3 heterocycles. The van der Waals surface area contributed by atoms with Crippen LogP contribution in [0, 0.1) is 11.7 Å². The van der Waals surface area contributed by atoms with E-state index in [1.54, 1.807) is 24.3 Å². The SMILES string of the molecule is COC(=O)CC1CCN(Cc2cc(-c3cc(Cl)cc(Cl)c3)nc(Oc3cnc(Cl)cn3)c2F)CC1. The first-order valence-electron chi connectivity index (χ1n) is 10.9. The van der Waals surface area contributed by atoms with E-state index in [1.807, 2.05) is 0 Å². The van der Waals surface area contributed by atoms with Gasteiger partial charge in [-0.25, -0.2) is 19.3 Å². The van der Waals surface area contributed by atoms with Crippen LogP contribution < -0.4 is 4.74 Å². The maximum absolute atomic E-state index is 15.5. The average Bonchev–Trinajstić information content (AvgIpc) is 2.83. The molecule has 1 aliphatic rings. The third-order valence-electron chi connectivity index (χ3n) is 5.74. The Hall–Kier alpha value is -2.52. The quantitative estimate of drug-likeness (QED) is 0.331. The van der Waals surface area contributed by atoms with Gasteiger partial charge < -0.3 is 9.47 Å². The fraction of sp³-hybridized carbons (Fsp3) is 0.333. The number of likely N-dealkylation sites (tertiary alicyclic amines) is 1. The third-order valence-corrected chi connectivity index (χ3v) is 6.37. The van der Waals surface area contributed by atoms with Gasteiger partial charge in [-0.1, -0.05) is 34.8 Å². The lowest BCUT2D eigenvalue weighted by Crippen LogP contribution is -2.34. The van der Waals surface area contributed by atoms with Crippen LogP contribution in [-0.2, 0) is 16.1 Å². The Labute approximate surface area is 217 Å². The Kier molecular flexibility index (Phi) is 8.38. The summed E-state index contributed by atoms with van der Waals surface area (Å²) in [4.78, 5) is 26.0. The highest BCUT2D eigenvalue weighted by Gasteiger charge is 2.24. The molecule has 0 radical (unpaired) electrons. The number of pyridine rings is 1. The number of halogens is 4. The van der Waals surface area contributed by atoms with Gasteiger partial charge in [0.05, 0.1) is 25.2 Å². The van der Waals surface area contributed by atoms with Crippen molar-refractivity contribution < 1.29 is 18.7 Å². The Morgan fingerprint density at radius 2 is 1.80 bits per heavy atom. The van der Waals surface area contributed by atoms with E-state index in [2.05, 4.69) is 19.9 Å². The fourth-order valence-electron chi connectivity index (χ4n) is 3.95. The fourth-order valence-corrected chi connectivity index (χ4v) is 4.57. The van der Waals surface area contributed by atoms with Crippen LogP contribution in [0.1, 0.15) is 24.8 Å². The van der Waals surface area contributed by atoms with Crippen molar-refractivity contribution in [1.29, 1.82) is 0 Å². The summed E-state index contributed by atoms with van der Waals surface area (Å²) in [6.45, 7) is 1.78. The van der Waals surface area contributed by atoms with Gasteiger partial charge in [0, 0.05) is 34.1 Å². The van der Waals surface area contributed by atoms with E-state index in [9.17, 15) is 4.79 Å². The number of nitrogens with zero attached hydrogens (tertiary/aromatic N) is 4. The van der Waals surface area contributed by atoms with Gasteiger partial charge in [0.1, 0.15) is 5.15 Å². The van der Waals surface area contributed by atoms with Gasteiger partial charge in [-0.05, 0) is 56.1 Å². The molecule has 1 fully saturated rings. The van der Waals surface area contributed by atoms with Gasteiger partial charge in [-0.15, -0.1) is 0 Å². The first-order valence-corrected chi connectivity index (χ1v) is 12.0. The second kappa shape index (κ2) is 11.5. The van der Waals surface area contributed by atoms with Crippen LogP contribution in [0.2, 0.25) is 15.2 Å². The molecule has 0 bridgehead atoms. The van der Waals surface area contributed by atoms with Crippen molar-refractivity contribution in [2.24, 2.45) is 5.92 Å². The van der Waals surface area contributed by atoms with Gasteiger partial charge in [-0.3, -0.25) is 9.69 Å². The monoisotopic (exact) mass is 538 g/mol. The molecular formula is C24H22Cl3FN4O3. The Morgan fingerprint density at radius 1 is 1.09 bits per heavy atom. The van der Waals surface area contributed by atoms with E-state index < -0.39 is 5.82 Å². The van der Waals surface area contributed by atoms with Crippen molar-refractivity contribution in [1.82, 2.24) is 19.9 Å². The van der Waals surface area contributed by atoms with E-state index >= 15 is 4.39 Å². The summed E-state index contributed by atoms with van der Waals surface area (Å²) in [5.41, 5.74) is 1.46. The highest BCUT2D eigenvalue weighted by atomic mass is 35.5. The van der Waals surface area contributed by atoms with Crippen molar-refractivity contribution in [3.63, 3.8) is 0 Å². The highest BCUT2D eigenvalue weighted by molar-refractivity contribution is 6.35. The number of rotatable bonds is 7. The second-order valence-electron chi connectivity index (χ2n) is 8.22. The van der Waals surface area contributed by atoms with Gasteiger partial charge in [0.25, 0.3) is 5.88 Å². The molecule has 184 valence electrons. The smallest absolute Gasteiger partial charge is 0.305 e. The lowest BCUT2D eigenvalue weighted by molar-refractivity contribution is -0.142. The highest BCUT2D eigenvalue weighted by Crippen LogP contribution is 2.33. The minimum absolute atomic E-state index is 0.0525. The van der Waals surface area contributed by atoms with E-state index in [0.717, 1.165) is 25.9 Å². The van der Waals surface area contributed by atoms with Gasteiger partial charge in [0.2, 0.25) is 5.88 Å². The lowest BCUT2D eigenvalue weighted by Gasteiger charge is -2.31. The molecule has 0 aliphatic carbocycles. The number of carbonyl (C=O) groups is 1. The van der Waals surface area contributed by atoms with Crippen LogP contribution in [0.4, 0.5) is 4.39 Å². The van der Waals surface area contributed by atoms with E-state index in [1.165, 1.54) is 19.5 Å². The third kappa shape index (κ3) is 6.79. The minimum atomic E-state index is -0.602. The Bertz CT molecular complexity index is 1190. The zero-order valence-electron chi connectivity index (χ0n) is 18.8. The van der Waals surface area contributed by atoms with Crippen molar-refractivity contribution in [3.8, 4) is 23.0 Å². The molecule has 1 aliphatic heterocycles. The van der Waals surface area contributed by atoms with E-state index in [-0.39, 0.29) is 28.8 Å². The average molecular weight is 540 g/mol. The molecule has 0 spiro atoms. The molecule has 0 atom stereocenters. The molecule has 0 N–H and O–H groups in total. The van der Waals surface area contributed by atoms with Crippen LogP contribution in [-0.4, -0.2) is 46.0 Å². The number of hydrogen-bond donors (Lipinski definition) is 0. The van der Waals surface area contributed by atoms with Crippen molar-refractivity contribution in [3.05, 3.63) is 63.2 Å². The molecule has 35 heavy (non-hydrogen) atoms. The normalized spacial score (nSPS) is 14.7. The first kappa shape index (κ1) is 25.6. The number of ether oxygens (including phenoxy) is 2. The van der Waals surface area contributed by atoms with Crippen molar-refractivity contribution in [2.75, 3.05) is 20.2 Å². The zero-order valence-corrected chi connectivity index (χ0v) is 21.1. The van der Waals surface area contributed by atoms with E-state index in [0.29, 0.717) is 39.8 Å². The first-order chi connectivity index (χ1) is 16.8. The number of benzene rings is 1. The number of methoxy groups -OCH3 is 1. The number of hydrogen-bond acceptors (Lipinski definition) is 7. The molecule has 7 nitrogen and oxygen atoms in total. The van der Waals surface area contributed by atoms with Gasteiger partial charge >= 0.3 is 5.97 Å². The van der Waals surface area contributed by atoms with Crippen LogP contribution in [0.5, 0.6) is 11.8 Å². The van der Waals surface area contributed by atoms with Gasteiger partial charge in [-0.2, -0.15) is 0 Å². The van der Waals surface area contributed by atoms with E-state index in [4.69, 9.17) is 44.3 Å². The maximum atomic E-state index is 15.5. The summed E-state index contributed by atoms with van der Waals surface area (Å²) < 4.78 is 25.9. The lowest BCUT2D eigenvalue weighted by atomic mass is 9.93. The summed E-state index contributed by atoms with van der Waals surface area (Å²) in [5.74, 6) is -0.745. The number of piperidine rings is 1. The molecule has 0 unspecified atom stereocenters. The van der Waals surface area contributed by atoms with Crippen LogP contribution in [0.15, 0.2) is 36.7 Å². The molecule has 0 saturated carbocycles. The zero-order chi connectivity index (χ0) is 24.9. The molecule has 0 amide bonds. The van der Waals surface area contributed by atoms with Gasteiger partial charge in [0.15, 0.2) is 5.82 Å². The second-order valence-corrected chi connectivity index (χ2v) is 9.48. The predicted molar refractivity (Wildman–Crippen MR) is 131 cm³/mol. The molecule has 2 aromatic heterocycles. The topological polar surface area (TPSA) is 77.4 Å². The minimum Gasteiger partial charge on any atom is -0.469 e. The van der Waals surface area contributed by atoms with Crippen LogP contribution >= 0.6 is 34.8 Å². The number of carbonyl (C=O) groups excluding carboxylic acids is 1. The summed E-state index contributed by atoms with van der Waals surface area (Å²) >= 11 is 18.1. The van der Waals surface area contributed by atoms with Crippen LogP contribution in [0.3, 0.4) is 0 Å². The maximum Gasteiger partial charge on any atom is 0.305 e. The number of esters is 1. The van der Waals surface area contributed by atoms with Crippen LogP contribution in [0.25, 0.3) is 11.3 Å². The largest absolute Gasteiger partial charge is 0.469 e. The predicted octanol–water partition coefficient (Wildman–Crippen LogP) is 6.21. The Morgan fingerprint density at radius 3 is 2.43 bits per heavy atom. The summed E-state index contributed by atoms with van der Waals surface area (Å²) in [6.07, 6.45) is 4.63. The summed E-state index contributed by atoms with van der Waals surface area (Å²) in [7, 11) is 1.39. The summed E-state index contributed by atoms with van der Waals surface area (Å²) in [5, 5.41) is 1.04. The molecule has 3 aromatic rings. The molecular weight excluding hydrogens is 518 g/mol. The molecule has 4 rings (SSSR count). The standard InChI is InChI=1S/C24H22Cl3FN4O3/c1-34-22(33)6-14-2-4-32(5-3-14)13-16-9-19(15-7-17(25)10-18(26)8-15)31-24(23(16)28)35-21-12-29-20(27)11-30-21/h7-12,14H,2-6,13H2,1H3. The Balaban J connectivity index is 1.61. The number of aromatic nitrogens is 3. The van der Waals surface area contributed by atoms with Crippen molar-refractivity contribution >= 4 is 40.8 Å². The molecule has 11 heteroatoms. The van der Waals surface area contributed by atoms with Crippen molar-refractivity contribution in [2.45, 2.75) is 25.8 Å². The molecule has 1 aromatic carbocycles.